The molecule has 3 aromatic rings. The van der Waals surface area contributed by atoms with Gasteiger partial charge in [0, 0.05) is 5.56 Å². The maximum absolute atomic E-state index is 12.2. The first-order chi connectivity index (χ1) is 14.0. The van der Waals surface area contributed by atoms with Gasteiger partial charge in [0.2, 0.25) is 0 Å². The third-order valence-electron chi connectivity index (χ3n) is 4.43. The molecule has 0 saturated heterocycles. The Hall–Kier alpha value is -3.54. The van der Waals surface area contributed by atoms with E-state index in [0.717, 1.165) is 17.2 Å². The largest absolute Gasteiger partial charge is 0.491 e. The van der Waals surface area contributed by atoms with E-state index >= 15 is 0 Å². The van der Waals surface area contributed by atoms with Gasteiger partial charge in [-0.15, -0.1) is 0 Å². The predicted octanol–water partition coefficient (Wildman–Crippen LogP) is 3.86. The number of carbonyl (C=O) groups is 2. The Labute approximate surface area is 169 Å². The molecule has 0 saturated carbocycles. The second-order valence-electron chi connectivity index (χ2n) is 6.66. The fraction of sp³-hybridized carbons (Fsp3) is 0.217. The standard InChI is InChI=1S/C23H24N2O4/c1-3-16(2)29-20-11-9-18(10-12-20)23(27)25-24-22(26)15-28-21-13-8-17-6-4-5-7-19(17)14-21/h4-14,16H,3,15H2,1-2H3,(H,24,26)(H,25,27). The van der Waals surface area contributed by atoms with Crippen molar-refractivity contribution >= 4 is 22.6 Å². The van der Waals surface area contributed by atoms with E-state index in [2.05, 4.69) is 10.9 Å². The fourth-order valence-electron chi connectivity index (χ4n) is 2.64. The lowest BCUT2D eigenvalue weighted by atomic mass is 10.1. The van der Waals surface area contributed by atoms with Crippen molar-refractivity contribution in [1.82, 2.24) is 10.9 Å². The Morgan fingerprint density at radius 3 is 2.31 bits per heavy atom. The second-order valence-corrected chi connectivity index (χ2v) is 6.66. The van der Waals surface area contributed by atoms with Gasteiger partial charge in [0.15, 0.2) is 6.61 Å². The number of hydrazine groups is 1. The molecule has 6 heteroatoms. The quantitative estimate of drug-likeness (QED) is 0.599. The van der Waals surface area contributed by atoms with Crippen molar-refractivity contribution in [2.45, 2.75) is 26.4 Å². The summed E-state index contributed by atoms with van der Waals surface area (Å²) in [7, 11) is 0. The number of fused-ring (bicyclic) bond motifs is 1. The molecule has 29 heavy (non-hydrogen) atoms. The van der Waals surface area contributed by atoms with E-state index in [-0.39, 0.29) is 12.7 Å². The van der Waals surface area contributed by atoms with E-state index in [1.807, 2.05) is 50.2 Å². The molecule has 0 radical (unpaired) electrons. The van der Waals surface area contributed by atoms with Crippen molar-refractivity contribution in [1.29, 1.82) is 0 Å². The van der Waals surface area contributed by atoms with Crippen LogP contribution in [0.4, 0.5) is 0 Å². The van der Waals surface area contributed by atoms with Gasteiger partial charge in [-0.2, -0.15) is 0 Å². The van der Waals surface area contributed by atoms with E-state index in [1.165, 1.54) is 0 Å². The van der Waals surface area contributed by atoms with E-state index in [1.54, 1.807) is 30.3 Å². The first-order valence-corrected chi connectivity index (χ1v) is 9.52. The lowest BCUT2D eigenvalue weighted by molar-refractivity contribution is -0.123. The molecule has 0 spiro atoms. The molecular formula is C23H24N2O4. The third kappa shape index (κ3) is 5.72. The Morgan fingerprint density at radius 1 is 0.897 bits per heavy atom. The van der Waals surface area contributed by atoms with Gasteiger partial charge < -0.3 is 9.47 Å². The molecule has 0 aliphatic rings. The third-order valence-corrected chi connectivity index (χ3v) is 4.43. The molecule has 3 aromatic carbocycles. The minimum Gasteiger partial charge on any atom is -0.491 e. The van der Waals surface area contributed by atoms with Gasteiger partial charge in [0.1, 0.15) is 11.5 Å². The maximum Gasteiger partial charge on any atom is 0.276 e. The Bertz CT molecular complexity index is 986. The minimum atomic E-state index is -0.455. The topological polar surface area (TPSA) is 76.7 Å². The van der Waals surface area contributed by atoms with Gasteiger partial charge >= 0.3 is 0 Å². The number of amides is 2. The van der Waals surface area contributed by atoms with Crippen molar-refractivity contribution < 1.29 is 19.1 Å². The van der Waals surface area contributed by atoms with Gasteiger partial charge in [-0.1, -0.05) is 37.3 Å². The van der Waals surface area contributed by atoms with Gasteiger partial charge in [0.25, 0.3) is 11.8 Å². The molecule has 0 fully saturated rings. The van der Waals surface area contributed by atoms with Crippen LogP contribution in [0, 0.1) is 0 Å². The number of hydrogen-bond donors (Lipinski definition) is 2. The molecule has 0 aliphatic carbocycles. The summed E-state index contributed by atoms with van der Waals surface area (Å²) >= 11 is 0. The molecule has 2 N–H and O–H groups in total. The van der Waals surface area contributed by atoms with E-state index in [9.17, 15) is 9.59 Å². The molecule has 3 rings (SSSR count). The Morgan fingerprint density at radius 2 is 1.59 bits per heavy atom. The molecule has 6 nitrogen and oxygen atoms in total. The van der Waals surface area contributed by atoms with Crippen LogP contribution in [0.3, 0.4) is 0 Å². The molecule has 1 unspecified atom stereocenters. The zero-order valence-electron chi connectivity index (χ0n) is 16.5. The van der Waals surface area contributed by atoms with Crippen LogP contribution >= 0.6 is 0 Å². The average Bonchev–Trinajstić information content (AvgIpc) is 2.76. The van der Waals surface area contributed by atoms with Crippen molar-refractivity contribution in [2.24, 2.45) is 0 Å². The summed E-state index contributed by atoms with van der Waals surface area (Å²) in [4.78, 5) is 24.1. The lowest BCUT2D eigenvalue weighted by Gasteiger charge is -2.13. The molecule has 0 heterocycles. The molecule has 0 aromatic heterocycles. The number of hydrogen-bond acceptors (Lipinski definition) is 4. The number of nitrogens with one attached hydrogen (secondary N) is 2. The molecular weight excluding hydrogens is 368 g/mol. The van der Waals surface area contributed by atoms with E-state index in [4.69, 9.17) is 9.47 Å². The number of benzene rings is 3. The molecule has 0 bridgehead atoms. The van der Waals surface area contributed by atoms with Crippen molar-refractivity contribution in [3.8, 4) is 11.5 Å². The summed E-state index contributed by atoms with van der Waals surface area (Å²) in [6.07, 6.45) is 1.01. The number of carbonyl (C=O) groups excluding carboxylic acids is 2. The van der Waals surface area contributed by atoms with Crippen LogP contribution in [-0.2, 0) is 4.79 Å². The van der Waals surface area contributed by atoms with Gasteiger partial charge in [-0.05, 0) is 60.5 Å². The lowest BCUT2D eigenvalue weighted by Crippen LogP contribution is -2.43. The molecule has 150 valence electrons. The van der Waals surface area contributed by atoms with Crippen LogP contribution in [0.1, 0.15) is 30.6 Å². The zero-order valence-corrected chi connectivity index (χ0v) is 16.5. The van der Waals surface area contributed by atoms with Gasteiger partial charge in [0.05, 0.1) is 6.10 Å². The Balaban J connectivity index is 1.46. The highest BCUT2D eigenvalue weighted by molar-refractivity contribution is 5.95. The monoisotopic (exact) mass is 392 g/mol. The highest BCUT2D eigenvalue weighted by atomic mass is 16.5. The van der Waals surface area contributed by atoms with Crippen LogP contribution in [0.15, 0.2) is 66.7 Å². The molecule has 2 amide bonds. The summed E-state index contributed by atoms with van der Waals surface area (Å²) < 4.78 is 11.2. The summed E-state index contributed by atoms with van der Waals surface area (Å²) in [6, 6.07) is 20.2. The summed E-state index contributed by atoms with van der Waals surface area (Å²) in [6.45, 7) is 3.81. The van der Waals surface area contributed by atoms with Crippen LogP contribution in [0.5, 0.6) is 11.5 Å². The molecule has 0 aliphatic heterocycles. The Kier molecular flexibility index (Phi) is 6.68. The average molecular weight is 392 g/mol. The highest BCUT2D eigenvalue weighted by Crippen LogP contribution is 2.20. The smallest absolute Gasteiger partial charge is 0.276 e. The van der Waals surface area contributed by atoms with Crippen molar-refractivity contribution in [3.63, 3.8) is 0 Å². The van der Waals surface area contributed by atoms with Crippen LogP contribution in [-0.4, -0.2) is 24.5 Å². The van der Waals surface area contributed by atoms with Crippen LogP contribution in [0.25, 0.3) is 10.8 Å². The molecule has 1 atom stereocenters. The van der Waals surface area contributed by atoms with Gasteiger partial charge in [-0.25, -0.2) is 0 Å². The predicted molar refractivity (Wildman–Crippen MR) is 112 cm³/mol. The summed E-state index contributed by atoms with van der Waals surface area (Å²) in [5, 5.41) is 2.12. The first-order valence-electron chi connectivity index (χ1n) is 9.52. The zero-order chi connectivity index (χ0) is 20.6. The van der Waals surface area contributed by atoms with Crippen molar-refractivity contribution in [3.05, 3.63) is 72.3 Å². The first kappa shape index (κ1) is 20.2. The normalized spacial score (nSPS) is 11.5. The SMILES string of the molecule is CCC(C)Oc1ccc(C(=O)NNC(=O)COc2ccc3ccccc3c2)cc1. The summed E-state index contributed by atoms with van der Waals surface area (Å²) in [5.41, 5.74) is 5.14. The summed E-state index contributed by atoms with van der Waals surface area (Å²) in [5.74, 6) is 0.410. The second kappa shape index (κ2) is 9.59. The fourth-order valence-corrected chi connectivity index (χ4v) is 2.64. The minimum absolute atomic E-state index is 0.108. The van der Waals surface area contributed by atoms with E-state index < -0.39 is 11.8 Å². The maximum atomic E-state index is 12.2. The van der Waals surface area contributed by atoms with E-state index in [0.29, 0.717) is 17.1 Å². The van der Waals surface area contributed by atoms with Crippen LogP contribution in [0.2, 0.25) is 0 Å². The highest BCUT2D eigenvalue weighted by Gasteiger charge is 2.09. The van der Waals surface area contributed by atoms with Crippen molar-refractivity contribution in [2.75, 3.05) is 6.61 Å². The number of rotatable bonds is 7. The van der Waals surface area contributed by atoms with Crippen LogP contribution < -0.4 is 20.3 Å². The van der Waals surface area contributed by atoms with Gasteiger partial charge in [-0.3, -0.25) is 20.4 Å². The number of ether oxygens (including phenoxy) is 2.